The van der Waals surface area contributed by atoms with Crippen molar-refractivity contribution in [3.63, 3.8) is 0 Å². The molecule has 140 valence electrons. The normalized spacial score (nSPS) is 15.4. The standard InChI is InChI=1S/C18H14ClFN2O3S2/c1-2-25-16(23)10-27-18-21-15(9-12-4-3-7-26-12)17(24)22(18)11-5-6-14(20)13(19)8-11/h3-9H,2,10H2,1H3. The van der Waals surface area contributed by atoms with Gasteiger partial charge in [0.25, 0.3) is 5.91 Å². The molecule has 0 fully saturated rings. The molecule has 5 nitrogen and oxygen atoms in total. The highest BCUT2D eigenvalue weighted by atomic mass is 35.5. The summed E-state index contributed by atoms with van der Waals surface area (Å²) >= 11 is 8.40. The van der Waals surface area contributed by atoms with E-state index in [0.717, 1.165) is 16.6 Å². The summed E-state index contributed by atoms with van der Waals surface area (Å²) in [5, 5.41) is 2.09. The van der Waals surface area contributed by atoms with Crippen molar-refractivity contribution in [2.24, 2.45) is 4.99 Å². The molecule has 0 bridgehead atoms. The number of amides is 1. The van der Waals surface area contributed by atoms with E-state index in [1.54, 1.807) is 13.0 Å². The summed E-state index contributed by atoms with van der Waals surface area (Å²) in [6.45, 7) is 1.99. The number of hydrogen-bond acceptors (Lipinski definition) is 6. The molecule has 2 aromatic rings. The molecular weight excluding hydrogens is 411 g/mol. The molecule has 9 heteroatoms. The van der Waals surface area contributed by atoms with Crippen molar-refractivity contribution in [1.82, 2.24) is 0 Å². The molecule has 1 amide bonds. The highest BCUT2D eigenvalue weighted by Gasteiger charge is 2.33. The Labute approximate surface area is 168 Å². The van der Waals surface area contributed by atoms with E-state index >= 15 is 0 Å². The molecule has 0 radical (unpaired) electrons. The molecular formula is C18H14ClFN2O3S2. The van der Waals surface area contributed by atoms with Crippen LogP contribution < -0.4 is 4.90 Å². The second-order valence-electron chi connectivity index (χ2n) is 5.27. The van der Waals surface area contributed by atoms with Crippen LogP contribution in [-0.2, 0) is 14.3 Å². The first-order valence-electron chi connectivity index (χ1n) is 7.91. The molecule has 0 aliphatic carbocycles. The van der Waals surface area contributed by atoms with Crippen molar-refractivity contribution in [3.05, 3.63) is 57.1 Å². The Morgan fingerprint density at radius 2 is 2.26 bits per heavy atom. The average Bonchev–Trinajstić information content (AvgIpc) is 3.25. The lowest BCUT2D eigenvalue weighted by Gasteiger charge is -2.18. The molecule has 0 atom stereocenters. The van der Waals surface area contributed by atoms with Gasteiger partial charge in [0.05, 0.1) is 23.1 Å². The molecule has 1 aromatic heterocycles. The van der Waals surface area contributed by atoms with E-state index in [1.807, 2.05) is 17.5 Å². The maximum Gasteiger partial charge on any atom is 0.316 e. The highest BCUT2D eigenvalue weighted by molar-refractivity contribution is 8.14. The van der Waals surface area contributed by atoms with E-state index < -0.39 is 11.8 Å². The number of hydrogen-bond donors (Lipinski definition) is 0. The SMILES string of the molecule is CCOC(=O)CSC1=NC(=Cc2cccs2)C(=O)N1c1ccc(F)c(Cl)c1. The van der Waals surface area contributed by atoms with Gasteiger partial charge in [0.1, 0.15) is 11.5 Å². The first-order chi connectivity index (χ1) is 13.0. The number of halogens is 2. The smallest absolute Gasteiger partial charge is 0.316 e. The molecule has 27 heavy (non-hydrogen) atoms. The van der Waals surface area contributed by atoms with Crippen LogP contribution >= 0.6 is 34.7 Å². The molecule has 0 N–H and O–H groups in total. The van der Waals surface area contributed by atoms with Crippen molar-refractivity contribution in [3.8, 4) is 0 Å². The molecule has 0 saturated carbocycles. The largest absolute Gasteiger partial charge is 0.465 e. The fraction of sp³-hybridized carbons (Fsp3) is 0.167. The summed E-state index contributed by atoms with van der Waals surface area (Å²) in [4.78, 5) is 31.1. The van der Waals surface area contributed by atoms with Crippen molar-refractivity contribution in [2.75, 3.05) is 17.3 Å². The number of benzene rings is 1. The summed E-state index contributed by atoms with van der Waals surface area (Å²) in [6.07, 6.45) is 1.67. The van der Waals surface area contributed by atoms with Crippen molar-refractivity contribution in [1.29, 1.82) is 0 Å². The minimum Gasteiger partial charge on any atom is -0.465 e. The van der Waals surface area contributed by atoms with Gasteiger partial charge in [-0.05, 0) is 42.6 Å². The highest BCUT2D eigenvalue weighted by Crippen LogP contribution is 2.32. The lowest BCUT2D eigenvalue weighted by atomic mass is 10.2. The minimum atomic E-state index is -0.584. The van der Waals surface area contributed by atoms with Gasteiger partial charge in [-0.2, -0.15) is 0 Å². The third kappa shape index (κ3) is 4.58. The third-order valence-electron chi connectivity index (χ3n) is 3.44. The van der Waals surface area contributed by atoms with Crippen molar-refractivity contribution >= 4 is 63.5 Å². The lowest BCUT2D eigenvalue weighted by Crippen LogP contribution is -2.31. The Balaban J connectivity index is 1.93. The number of anilines is 1. The van der Waals surface area contributed by atoms with E-state index in [1.165, 1.54) is 34.4 Å². The van der Waals surface area contributed by atoms with Gasteiger partial charge >= 0.3 is 5.97 Å². The van der Waals surface area contributed by atoms with Crippen LogP contribution in [0.3, 0.4) is 0 Å². The molecule has 3 rings (SSSR count). The van der Waals surface area contributed by atoms with Crippen LogP contribution in [-0.4, -0.2) is 29.4 Å². The predicted octanol–water partition coefficient (Wildman–Crippen LogP) is 4.58. The number of esters is 1. The summed E-state index contributed by atoms with van der Waals surface area (Å²) < 4.78 is 18.4. The second-order valence-corrected chi connectivity index (χ2v) is 7.60. The number of carbonyl (C=O) groups excluding carboxylic acids is 2. The van der Waals surface area contributed by atoms with Gasteiger partial charge in [0.2, 0.25) is 0 Å². The van der Waals surface area contributed by atoms with E-state index in [-0.39, 0.29) is 29.0 Å². The number of nitrogens with zero attached hydrogens (tertiary/aromatic N) is 2. The number of thiophene rings is 1. The summed E-state index contributed by atoms with van der Waals surface area (Å²) in [7, 11) is 0. The number of ether oxygens (including phenoxy) is 1. The van der Waals surface area contributed by atoms with Gasteiger partial charge < -0.3 is 4.74 Å². The van der Waals surface area contributed by atoms with E-state index in [4.69, 9.17) is 16.3 Å². The maximum atomic E-state index is 13.5. The molecule has 1 aliphatic rings. The van der Waals surface area contributed by atoms with E-state index in [2.05, 4.69) is 4.99 Å². The number of amidine groups is 1. The Morgan fingerprint density at radius 1 is 1.44 bits per heavy atom. The fourth-order valence-electron chi connectivity index (χ4n) is 2.28. The van der Waals surface area contributed by atoms with Gasteiger partial charge in [-0.1, -0.05) is 29.4 Å². The van der Waals surface area contributed by atoms with Gasteiger partial charge in [0.15, 0.2) is 5.17 Å². The molecule has 1 aliphatic heterocycles. The summed E-state index contributed by atoms with van der Waals surface area (Å²) in [5.74, 6) is -1.38. The third-order valence-corrected chi connectivity index (χ3v) is 5.46. The van der Waals surface area contributed by atoms with E-state index in [9.17, 15) is 14.0 Å². The Kier molecular flexibility index (Phi) is 6.30. The number of rotatable bonds is 5. The van der Waals surface area contributed by atoms with Gasteiger partial charge in [-0.3, -0.25) is 14.5 Å². The van der Waals surface area contributed by atoms with Crippen LogP contribution in [0.5, 0.6) is 0 Å². The zero-order valence-electron chi connectivity index (χ0n) is 14.1. The Bertz CT molecular complexity index is 929. The quantitative estimate of drug-likeness (QED) is 0.520. The van der Waals surface area contributed by atoms with Crippen molar-refractivity contribution in [2.45, 2.75) is 6.92 Å². The van der Waals surface area contributed by atoms with Crippen LogP contribution in [0.1, 0.15) is 11.8 Å². The lowest BCUT2D eigenvalue weighted by molar-refractivity contribution is -0.139. The number of carbonyl (C=O) groups is 2. The van der Waals surface area contributed by atoms with Crippen LogP contribution in [0.4, 0.5) is 10.1 Å². The first-order valence-corrected chi connectivity index (χ1v) is 10.2. The predicted molar refractivity (Wildman–Crippen MR) is 108 cm³/mol. The zero-order chi connectivity index (χ0) is 19.4. The second kappa shape index (κ2) is 8.69. The van der Waals surface area contributed by atoms with Crippen LogP contribution in [0.15, 0.2) is 46.4 Å². The molecule has 1 aromatic carbocycles. The Morgan fingerprint density at radius 3 is 2.93 bits per heavy atom. The monoisotopic (exact) mass is 424 g/mol. The zero-order valence-corrected chi connectivity index (χ0v) is 16.5. The molecule has 0 spiro atoms. The topological polar surface area (TPSA) is 59.0 Å². The number of thioether (sulfide) groups is 1. The molecule has 2 heterocycles. The van der Waals surface area contributed by atoms with E-state index in [0.29, 0.717) is 10.9 Å². The maximum absolute atomic E-state index is 13.5. The summed E-state index contributed by atoms with van der Waals surface area (Å²) in [6, 6.07) is 7.70. The molecule has 0 unspecified atom stereocenters. The molecule has 0 saturated heterocycles. The minimum absolute atomic E-state index is 0.00232. The Hall–Kier alpha value is -2.16. The van der Waals surface area contributed by atoms with Gasteiger partial charge in [-0.25, -0.2) is 9.38 Å². The van der Waals surface area contributed by atoms with Crippen LogP contribution in [0.25, 0.3) is 6.08 Å². The fourth-order valence-corrected chi connectivity index (χ4v) is 3.92. The first kappa shape index (κ1) is 19.6. The van der Waals surface area contributed by atoms with Crippen LogP contribution in [0, 0.1) is 5.82 Å². The van der Waals surface area contributed by atoms with Gasteiger partial charge in [-0.15, -0.1) is 11.3 Å². The van der Waals surface area contributed by atoms with Crippen molar-refractivity contribution < 1.29 is 18.7 Å². The summed E-state index contributed by atoms with van der Waals surface area (Å²) in [5.41, 5.74) is 0.598. The average molecular weight is 425 g/mol. The van der Waals surface area contributed by atoms with Crippen LogP contribution in [0.2, 0.25) is 5.02 Å². The number of aliphatic imine (C=N–C) groups is 1. The van der Waals surface area contributed by atoms with Gasteiger partial charge in [0, 0.05) is 4.88 Å².